The molecule has 1 fully saturated rings. The minimum atomic E-state index is -0.415. The van der Waals surface area contributed by atoms with E-state index in [4.69, 9.17) is 10.5 Å². The molecule has 19 heavy (non-hydrogen) atoms. The molecule has 1 amide bonds. The normalized spacial score (nSPS) is 21.7. The third-order valence-electron chi connectivity index (χ3n) is 3.95. The quantitative estimate of drug-likeness (QED) is 0.746. The van der Waals surface area contributed by atoms with Crippen LogP contribution < -0.4 is 11.1 Å². The molecule has 0 radical (unpaired) electrons. The fraction of sp³-hybridized carbons (Fsp3) is 0.933. The van der Waals surface area contributed by atoms with Gasteiger partial charge >= 0.3 is 0 Å². The van der Waals surface area contributed by atoms with Crippen molar-refractivity contribution in [2.75, 3.05) is 6.61 Å². The van der Waals surface area contributed by atoms with Crippen molar-refractivity contribution in [3.05, 3.63) is 0 Å². The number of nitrogens with one attached hydrogen (secondary N) is 1. The summed E-state index contributed by atoms with van der Waals surface area (Å²) in [5.41, 5.74) is 6.08. The number of hydrogen-bond acceptors (Lipinski definition) is 3. The van der Waals surface area contributed by atoms with Crippen LogP contribution in [0.15, 0.2) is 0 Å². The predicted molar refractivity (Wildman–Crippen MR) is 77.9 cm³/mol. The molecule has 0 aromatic carbocycles. The number of carbonyl (C=O) groups excluding carboxylic acids is 1. The molecule has 0 heterocycles. The molecule has 0 aromatic rings. The van der Waals surface area contributed by atoms with E-state index in [-0.39, 0.29) is 17.5 Å². The molecule has 3 N–H and O–H groups in total. The van der Waals surface area contributed by atoms with Crippen LogP contribution in [0.4, 0.5) is 0 Å². The summed E-state index contributed by atoms with van der Waals surface area (Å²) in [5, 5.41) is 2.98. The maximum Gasteiger partial charge on any atom is 0.249 e. The summed E-state index contributed by atoms with van der Waals surface area (Å²) >= 11 is 0. The lowest BCUT2D eigenvalue weighted by Crippen LogP contribution is -2.48. The molecule has 0 aromatic heterocycles. The molecule has 0 saturated heterocycles. The van der Waals surface area contributed by atoms with E-state index in [0.717, 1.165) is 25.7 Å². The number of rotatable bonds is 7. The highest BCUT2D eigenvalue weighted by Gasteiger charge is 2.29. The molecule has 4 nitrogen and oxygen atoms in total. The Kier molecular flexibility index (Phi) is 6.80. The van der Waals surface area contributed by atoms with Crippen LogP contribution in [0.3, 0.4) is 0 Å². The number of amides is 1. The first-order valence-corrected chi connectivity index (χ1v) is 7.68. The Morgan fingerprint density at radius 2 is 1.95 bits per heavy atom. The van der Waals surface area contributed by atoms with Crippen LogP contribution in [0.2, 0.25) is 0 Å². The second-order valence-electron chi connectivity index (χ2n) is 6.07. The van der Waals surface area contributed by atoms with E-state index in [1.165, 1.54) is 19.3 Å². The van der Waals surface area contributed by atoms with E-state index in [0.29, 0.717) is 6.61 Å². The fourth-order valence-corrected chi connectivity index (χ4v) is 2.63. The molecule has 1 aliphatic carbocycles. The Morgan fingerprint density at radius 3 is 2.53 bits per heavy atom. The van der Waals surface area contributed by atoms with E-state index in [9.17, 15) is 4.79 Å². The second-order valence-corrected chi connectivity index (χ2v) is 6.07. The van der Waals surface area contributed by atoms with Crippen LogP contribution in [0.5, 0.6) is 0 Å². The molecule has 1 saturated carbocycles. The van der Waals surface area contributed by atoms with Gasteiger partial charge in [0.05, 0.1) is 6.61 Å². The van der Waals surface area contributed by atoms with Gasteiger partial charge < -0.3 is 15.8 Å². The van der Waals surface area contributed by atoms with Crippen LogP contribution in [0.25, 0.3) is 0 Å². The first-order chi connectivity index (χ1) is 8.97. The summed E-state index contributed by atoms with van der Waals surface area (Å²) < 4.78 is 5.69. The second kappa shape index (κ2) is 7.85. The first kappa shape index (κ1) is 16.4. The molecule has 2 atom stereocenters. The topological polar surface area (TPSA) is 64.3 Å². The number of ether oxygens (including phenoxy) is 1. The van der Waals surface area contributed by atoms with Crippen LogP contribution >= 0.6 is 0 Å². The molecule has 1 aliphatic rings. The van der Waals surface area contributed by atoms with Gasteiger partial charge in [-0.2, -0.15) is 0 Å². The summed E-state index contributed by atoms with van der Waals surface area (Å²) in [6.07, 6.45) is 7.29. The van der Waals surface area contributed by atoms with Crippen molar-refractivity contribution in [3.63, 3.8) is 0 Å². The SMILES string of the molecule is CCCC(C)NC(=O)C(C)OCC1(N)CCCCC1. The summed E-state index contributed by atoms with van der Waals surface area (Å²) in [6, 6.07) is 0.213. The highest BCUT2D eigenvalue weighted by atomic mass is 16.5. The Labute approximate surface area is 117 Å². The number of nitrogens with two attached hydrogens (primary N) is 1. The lowest BCUT2D eigenvalue weighted by molar-refractivity contribution is -0.133. The third kappa shape index (κ3) is 5.91. The average Bonchev–Trinajstić information content (AvgIpc) is 2.37. The molecular weight excluding hydrogens is 240 g/mol. The van der Waals surface area contributed by atoms with Crippen LogP contribution in [-0.4, -0.2) is 30.2 Å². The van der Waals surface area contributed by atoms with E-state index in [2.05, 4.69) is 12.2 Å². The van der Waals surface area contributed by atoms with Crippen LogP contribution in [-0.2, 0) is 9.53 Å². The summed E-state index contributed by atoms with van der Waals surface area (Å²) in [5.74, 6) is -0.0274. The van der Waals surface area contributed by atoms with Gasteiger partial charge in [-0.1, -0.05) is 32.6 Å². The van der Waals surface area contributed by atoms with Crippen LogP contribution in [0.1, 0.15) is 65.7 Å². The van der Waals surface area contributed by atoms with Crippen molar-refractivity contribution in [3.8, 4) is 0 Å². The largest absolute Gasteiger partial charge is 0.367 e. The van der Waals surface area contributed by atoms with Gasteiger partial charge in [0, 0.05) is 11.6 Å². The first-order valence-electron chi connectivity index (χ1n) is 7.68. The van der Waals surface area contributed by atoms with Crippen LogP contribution in [0, 0.1) is 0 Å². The maximum absolute atomic E-state index is 11.9. The zero-order valence-electron chi connectivity index (χ0n) is 12.7. The monoisotopic (exact) mass is 270 g/mol. The Balaban J connectivity index is 2.29. The van der Waals surface area contributed by atoms with Gasteiger partial charge in [0.1, 0.15) is 6.10 Å². The zero-order valence-corrected chi connectivity index (χ0v) is 12.7. The van der Waals surface area contributed by atoms with Crippen molar-refractivity contribution in [1.82, 2.24) is 5.32 Å². The highest BCUT2D eigenvalue weighted by Crippen LogP contribution is 2.26. The van der Waals surface area contributed by atoms with Gasteiger partial charge in [0.15, 0.2) is 0 Å². The lowest BCUT2D eigenvalue weighted by Gasteiger charge is -2.34. The summed E-state index contributed by atoms with van der Waals surface area (Å²) in [6.45, 7) is 6.44. The van der Waals surface area contributed by atoms with Crippen molar-refractivity contribution >= 4 is 5.91 Å². The van der Waals surface area contributed by atoms with E-state index in [1.54, 1.807) is 6.92 Å². The van der Waals surface area contributed by atoms with Gasteiger partial charge in [-0.3, -0.25) is 4.79 Å². The van der Waals surface area contributed by atoms with E-state index in [1.807, 2.05) is 6.92 Å². The standard InChI is InChI=1S/C15H30N2O2/c1-4-8-12(2)17-14(18)13(3)19-11-15(16)9-6-5-7-10-15/h12-13H,4-11,16H2,1-3H3,(H,17,18). The zero-order chi connectivity index (χ0) is 14.3. The third-order valence-corrected chi connectivity index (χ3v) is 3.95. The molecular formula is C15H30N2O2. The lowest BCUT2D eigenvalue weighted by atomic mass is 9.83. The molecule has 1 rings (SSSR count). The van der Waals surface area contributed by atoms with Gasteiger partial charge in [0.2, 0.25) is 5.91 Å². The molecule has 0 bridgehead atoms. The van der Waals surface area contributed by atoms with Gasteiger partial charge in [0.25, 0.3) is 0 Å². The highest BCUT2D eigenvalue weighted by molar-refractivity contribution is 5.80. The average molecular weight is 270 g/mol. The number of hydrogen-bond donors (Lipinski definition) is 2. The smallest absolute Gasteiger partial charge is 0.249 e. The van der Waals surface area contributed by atoms with E-state index < -0.39 is 6.10 Å². The molecule has 0 spiro atoms. The minimum Gasteiger partial charge on any atom is -0.367 e. The van der Waals surface area contributed by atoms with Crippen molar-refractivity contribution in [1.29, 1.82) is 0 Å². The summed E-state index contributed by atoms with van der Waals surface area (Å²) in [4.78, 5) is 11.9. The molecule has 112 valence electrons. The van der Waals surface area contributed by atoms with Crippen molar-refractivity contribution in [2.24, 2.45) is 5.73 Å². The van der Waals surface area contributed by atoms with Gasteiger partial charge in [-0.05, 0) is 33.1 Å². The Hall–Kier alpha value is -0.610. The van der Waals surface area contributed by atoms with Crippen molar-refractivity contribution in [2.45, 2.75) is 83.4 Å². The van der Waals surface area contributed by atoms with Crippen molar-refractivity contribution < 1.29 is 9.53 Å². The molecule has 4 heteroatoms. The number of carbonyl (C=O) groups is 1. The maximum atomic E-state index is 11.9. The summed E-state index contributed by atoms with van der Waals surface area (Å²) in [7, 11) is 0. The molecule has 2 unspecified atom stereocenters. The predicted octanol–water partition coefficient (Wildman–Crippen LogP) is 2.36. The fourth-order valence-electron chi connectivity index (χ4n) is 2.63. The Bertz CT molecular complexity index is 275. The molecule has 0 aliphatic heterocycles. The van der Waals surface area contributed by atoms with Gasteiger partial charge in [-0.25, -0.2) is 0 Å². The Morgan fingerprint density at radius 1 is 1.32 bits per heavy atom. The van der Waals surface area contributed by atoms with E-state index >= 15 is 0 Å². The minimum absolute atomic E-state index is 0.0274. The van der Waals surface area contributed by atoms with Gasteiger partial charge in [-0.15, -0.1) is 0 Å².